The molecule has 0 spiro atoms. The van der Waals surface area contributed by atoms with E-state index in [1.165, 1.54) is 11.3 Å². The van der Waals surface area contributed by atoms with Crippen LogP contribution in [0.3, 0.4) is 0 Å². The van der Waals surface area contributed by atoms with Crippen LogP contribution in [0, 0.1) is 0 Å². The quantitative estimate of drug-likeness (QED) is 0.563. The average Bonchev–Trinajstić information content (AvgIpc) is 3.00. The summed E-state index contributed by atoms with van der Waals surface area (Å²) in [6.45, 7) is 2.30. The topological polar surface area (TPSA) is 67.4 Å². The number of hydrogen-bond donors (Lipinski definition) is 2. The molecule has 5 nitrogen and oxygen atoms in total. The highest BCUT2D eigenvalue weighted by molar-refractivity contribution is 7.17. The van der Waals surface area contributed by atoms with Crippen LogP contribution in [-0.2, 0) is 17.6 Å². The first kappa shape index (κ1) is 20.0. The van der Waals surface area contributed by atoms with Crippen molar-refractivity contribution in [2.24, 2.45) is 0 Å². The molecule has 0 unspecified atom stereocenters. The number of esters is 1. The van der Waals surface area contributed by atoms with E-state index >= 15 is 0 Å². The molecule has 0 atom stereocenters. The van der Waals surface area contributed by atoms with E-state index in [4.69, 9.17) is 27.9 Å². The van der Waals surface area contributed by atoms with Gasteiger partial charge in [0.05, 0.1) is 22.2 Å². The Morgan fingerprint density at radius 1 is 1.15 bits per heavy atom. The van der Waals surface area contributed by atoms with E-state index in [0.717, 1.165) is 42.5 Å². The van der Waals surface area contributed by atoms with E-state index in [1.807, 2.05) is 6.92 Å². The summed E-state index contributed by atoms with van der Waals surface area (Å²) >= 11 is 13.3. The van der Waals surface area contributed by atoms with Crippen LogP contribution in [0.25, 0.3) is 0 Å². The van der Waals surface area contributed by atoms with Gasteiger partial charge in [0, 0.05) is 10.6 Å². The van der Waals surface area contributed by atoms with Gasteiger partial charge < -0.3 is 10.1 Å². The third kappa shape index (κ3) is 4.75. The predicted molar refractivity (Wildman–Crippen MR) is 111 cm³/mol. The molecule has 2 amide bonds. The molecule has 2 aromatic rings. The Bertz CT molecular complexity index is 867. The van der Waals surface area contributed by atoms with Gasteiger partial charge in [-0.15, -0.1) is 11.3 Å². The van der Waals surface area contributed by atoms with Crippen LogP contribution < -0.4 is 10.6 Å². The van der Waals surface area contributed by atoms with Gasteiger partial charge >= 0.3 is 12.0 Å². The van der Waals surface area contributed by atoms with E-state index in [2.05, 4.69) is 10.6 Å². The lowest BCUT2D eigenvalue weighted by atomic mass is 9.95. The van der Waals surface area contributed by atoms with Crippen LogP contribution >= 0.6 is 34.5 Å². The van der Waals surface area contributed by atoms with E-state index in [9.17, 15) is 9.59 Å². The van der Waals surface area contributed by atoms with Gasteiger partial charge in [-0.25, -0.2) is 9.59 Å². The first-order chi connectivity index (χ1) is 13.0. The molecule has 1 heterocycles. The molecule has 1 aromatic carbocycles. The normalized spacial score (nSPS) is 13.0. The number of halogens is 2. The van der Waals surface area contributed by atoms with Gasteiger partial charge in [-0.1, -0.05) is 30.1 Å². The number of benzene rings is 1. The van der Waals surface area contributed by atoms with Crippen molar-refractivity contribution in [3.05, 3.63) is 44.2 Å². The molecule has 27 heavy (non-hydrogen) atoms. The predicted octanol–water partition coefficient (Wildman–Crippen LogP) is 6.14. The lowest BCUT2D eigenvalue weighted by molar-refractivity contribution is 0.0505. The van der Waals surface area contributed by atoms with Crippen LogP contribution in [-0.4, -0.2) is 18.6 Å². The van der Waals surface area contributed by atoms with Crippen molar-refractivity contribution >= 4 is 57.2 Å². The van der Waals surface area contributed by atoms with E-state index in [0.29, 0.717) is 32.9 Å². The highest BCUT2D eigenvalue weighted by atomic mass is 35.5. The zero-order valence-corrected chi connectivity index (χ0v) is 17.2. The van der Waals surface area contributed by atoms with Crippen molar-refractivity contribution < 1.29 is 14.3 Å². The van der Waals surface area contributed by atoms with Crippen molar-refractivity contribution in [2.45, 2.75) is 39.0 Å². The third-order valence-electron chi connectivity index (χ3n) is 4.22. The van der Waals surface area contributed by atoms with Crippen LogP contribution in [0.4, 0.5) is 15.5 Å². The number of hydrogen-bond acceptors (Lipinski definition) is 4. The van der Waals surface area contributed by atoms with Crippen molar-refractivity contribution in [1.29, 1.82) is 0 Å². The maximum Gasteiger partial charge on any atom is 0.341 e. The molecule has 0 bridgehead atoms. The van der Waals surface area contributed by atoms with Crippen LogP contribution in [0.1, 0.15) is 47.0 Å². The van der Waals surface area contributed by atoms with Crippen LogP contribution in [0.5, 0.6) is 0 Å². The molecule has 0 saturated heterocycles. The van der Waals surface area contributed by atoms with Gasteiger partial charge in [0.25, 0.3) is 0 Å². The number of amides is 2. The minimum absolute atomic E-state index is 0.352. The molecular formula is C19H20Cl2N2O3S. The number of thiophene rings is 1. The summed E-state index contributed by atoms with van der Waals surface area (Å²) in [5, 5.41) is 6.80. The summed E-state index contributed by atoms with van der Waals surface area (Å²) in [6.07, 6.45) is 4.62. The summed E-state index contributed by atoms with van der Waals surface area (Å²) in [5.74, 6) is -0.374. The van der Waals surface area contributed by atoms with Gasteiger partial charge in [-0.3, -0.25) is 5.32 Å². The number of anilines is 2. The monoisotopic (exact) mass is 426 g/mol. The summed E-state index contributed by atoms with van der Waals surface area (Å²) in [4.78, 5) is 26.1. The molecule has 0 fully saturated rings. The Balaban J connectivity index is 1.80. The second-order valence-corrected chi connectivity index (χ2v) is 8.18. The maximum absolute atomic E-state index is 12.6. The minimum atomic E-state index is -0.448. The first-order valence-electron chi connectivity index (χ1n) is 8.84. The number of carbonyl (C=O) groups excluding carboxylic acids is 2. The lowest BCUT2D eigenvalue weighted by Crippen LogP contribution is -2.21. The van der Waals surface area contributed by atoms with Gasteiger partial charge in [0.1, 0.15) is 5.00 Å². The van der Waals surface area contributed by atoms with E-state index in [-0.39, 0.29) is 5.97 Å². The lowest BCUT2D eigenvalue weighted by Gasteiger charge is -2.13. The Hall–Kier alpha value is -1.76. The second kappa shape index (κ2) is 8.95. The molecule has 3 rings (SSSR count). The number of nitrogens with one attached hydrogen (secondary N) is 2. The largest absolute Gasteiger partial charge is 0.462 e. The summed E-state index contributed by atoms with van der Waals surface area (Å²) < 4.78 is 5.33. The molecule has 1 aromatic heterocycles. The van der Waals surface area contributed by atoms with Crippen LogP contribution in [0.2, 0.25) is 10.0 Å². The molecule has 144 valence electrons. The van der Waals surface area contributed by atoms with Gasteiger partial charge in [-0.05, 0) is 55.9 Å². The van der Waals surface area contributed by atoms with Crippen LogP contribution in [0.15, 0.2) is 18.2 Å². The minimum Gasteiger partial charge on any atom is -0.462 e. The fourth-order valence-corrected chi connectivity index (χ4v) is 4.55. The Labute approximate surface area is 172 Å². The highest BCUT2D eigenvalue weighted by Crippen LogP contribution is 2.38. The zero-order valence-electron chi connectivity index (χ0n) is 14.9. The van der Waals surface area contributed by atoms with E-state index in [1.54, 1.807) is 18.2 Å². The summed E-state index contributed by atoms with van der Waals surface area (Å²) in [6, 6.07) is 4.39. The molecule has 1 aliphatic rings. The molecule has 8 heteroatoms. The average molecular weight is 427 g/mol. The van der Waals surface area contributed by atoms with Crippen molar-refractivity contribution in [3.8, 4) is 0 Å². The number of ether oxygens (including phenoxy) is 1. The number of urea groups is 1. The van der Waals surface area contributed by atoms with Gasteiger partial charge in [0.2, 0.25) is 0 Å². The number of rotatable bonds is 5. The third-order valence-corrected chi connectivity index (χ3v) is 6.16. The molecule has 2 N–H and O–H groups in total. The Morgan fingerprint density at radius 2 is 1.93 bits per heavy atom. The SMILES string of the molecule is CCCOC(=O)c1c(NC(=O)Nc2ccc(Cl)c(Cl)c2)sc2c1CCCC2. The molecule has 0 radical (unpaired) electrons. The summed E-state index contributed by atoms with van der Waals surface area (Å²) in [7, 11) is 0. The number of carbonyl (C=O) groups is 2. The molecule has 1 aliphatic carbocycles. The Kier molecular flexibility index (Phi) is 6.63. The maximum atomic E-state index is 12.6. The van der Waals surface area contributed by atoms with Crippen molar-refractivity contribution in [2.75, 3.05) is 17.2 Å². The molecule has 0 aliphatic heterocycles. The fraction of sp³-hybridized carbons (Fsp3) is 0.368. The van der Waals surface area contributed by atoms with Gasteiger partial charge in [-0.2, -0.15) is 0 Å². The standard InChI is InChI=1S/C19H20Cl2N2O3S/c1-2-9-26-18(24)16-12-5-3-4-6-15(12)27-17(16)23-19(25)22-11-7-8-13(20)14(21)10-11/h7-8,10H,2-6,9H2,1H3,(H2,22,23,25). The second-order valence-electron chi connectivity index (χ2n) is 6.26. The zero-order chi connectivity index (χ0) is 19.4. The van der Waals surface area contributed by atoms with Crippen molar-refractivity contribution in [3.63, 3.8) is 0 Å². The highest BCUT2D eigenvalue weighted by Gasteiger charge is 2.27. The van der Waals surface area contributed by atoms with Crippen molar-refractivity contribution in [1.82, 2.24) is 0 Å². The van der Waals surface area contributed by atoms with E-state index < -0.39 is 6.03 Å². The van der Waals surface area contributed by atoms with Gasteiger partial charge in [0.15, 0.2) is 0 Å². The molecular weight excluding hydrogens is 407 g/mol. The smallest absolute Gasteiger partial charge is 0.341 e. The fourth-order valence-electron chi connectivity index (χ4n) is 2.98. The first-order valence-corrected chi connectivity index (χ1v) is 10.4. The molecule has 0 saturated carbocycles. The number of fused-ring (bicyclic) bond motifs is 1. The number of aryl methyl sites for hydroxylation is 1. The summed E-state index contributed by atoms with van der Waals surface area (Å²) in [5.41, 5.74) is 2.02. The Morgan fingerprint density at radius 3 is 2.67 bits per heavy atom.